The Labute approximate surface area is 184 Å². The molecule has 0 amide bonds. The van der Waals surface area contributed by atoms with E-state index in [9.17, 15) is 21.6 Å². The molecule has 0 bridgehead atoms. The number of alkyl halides is 3. The second kappa shape index (κ2) is 11.3. The quantitative estimate of drug-likeness (QED) is 0.453. The molecule has 1 aliphatic rings. The van der Waals surface area contributed by atoms with Crippen molar-refractivity contribution in [2.75, 3.05) is 33.7 Å². The van der Waals surface area contributed by atoms with Crippen molar-refractivity contribution < 1.29 is 21.6 Å². The summed E-state index contributed by atoms with van der Waals surface area (Å²) in [5, 5.41) is 0. The van der Waals surface area contributed by atoms with Gasteiger partial charge in [-0.1, -0.05) is 18.2 Å². The molecule has 0 atom stereocenters. The van der Waals surface area contributed by atoms with E-state index in [-0.39, 0.29) is 4.90 Å². The Kier molecular flexibility index (Phi) is 9.33. The molecule has 174 valence electrons. The molecule has 0 unspecified atom stereocenters. The molecule has 1 saturated carbocycles. The van der Waals surface area contributed by atoms with Crippen molar-refractivity contribution >= 4 is 10.0 Å². The van der Waals surface area contributed by atoms with E-state index in [1.807, 2.05) is 6.08 Å². The average Bonchev–Trinajstić information content (AvgIpc) is 2.72. The van der Waals surface area contributed by atoms with E-state index in [0.717, 1.165) is 69.5 Å². The lowest BCUT2D eigenvalue weighted by Gasteiger charge is -2.28. The van der Waals surface area contributed by atoms with Gasteiger partial charge < -0.3 is 0 Å². The molecule has 0 N–H and O–H groups in total. The van der Waals surface area contributed by atoms with Crippen molar-refractivity contribution in [3.63, 3.8) is 0 Å². The van der Waals surface area contributed by atoms with Gasteiger partial charge >= 0.3 is 6.18 Å². The van der Waals surface area contributed by atoms with Gasteiger partial charge in [-0.25, -0.2) is 12.7 Å². The van der Waals surface area contributed by atoms with Crippen molar-refractivity contribution in [3.8, 4) is 0 Å². The van der Waals surface area contributed by atoms with E-state index in [4.69, 9.17) is 0 Å². The van der Waals surface area contributed by atoms with Crippen LogP contribution in [0.2, 0.25) is 0 Å². The Morgan fingerprint density at radius 3 is 2.23 bits per heavy atom. The molecule has 0 spiro atoms. The summed E-state index contributed by atoms with van der Waals surface area (Å²) in [7, 11) is -0.254. The van der Waals surface area contributed by atoms with Crippen LogP contribution in [-0.2, 0) is 16.2 Å². The zero-order valence-electron chi connectivity index (χ0n) is 18.3. The molecule has 1 aliphatic carbocycles. The minimum absolute atomic E-state index is 0.113. The smallest absolute Gasteiger partial charge is 0.299 e. The number of benzene rings is 1. The number of likely N-dealkylation sites (N-methyl/N-ethyl adjacent to an activating group) is 1. The van der Waals surface area contributed by atoms with Gasteiger partial charge in [0, 0.05) is 26.7 Å². The first-order chi connectivity index (χ1) is 14.5. The van der Waals surface area contributed by atoms with E-state index in [1.165, 1.54) is 11.4 Å². The van der Waals surface area contributed by atoms with Crippen molar-refractivity contribution in [2.45, 2.75) is 43.2 Å². The van der Waals surface area contributed by atoms with Gasteiger partial charge in [0.1, 0.15) is 0 Å². The first kappa shape index (κ1) is 25.6. The summed E-state index contributed by atoms with van der Waals surface area (Å²) in [6.45, 7) is 5.86. The third-order valence-corrected chi connectivity index (χ3v) is 7.77. The van der Waals surface area contributed by atoms with E-state index in [2.05, 4.69) is 30.7 Å². The molecule has 0 radical (unpaired) electrons. The molecule has 0 heterocycles. The molecular formula is C23H33F3N2O2S. The van der Waals surface area contributed by atoms with Gasteiger partial charge in [-0.3, -0.25) is 4.90 Å². The second-order valence-corrected chi connectivity index (χ2v) is 10.4. The van der Waals surface area contributed by atoms with Crippen LogP contribution in [0, 0.1) is 11.8 Å². The first-order valence-corrected chi connectivity index (χ1v) is 12.1. The molecular weight excluding hydrogens is 425 g/mol. The highest BCUT2D eigenvalue weighted by Crippen LogP contribution is 2.33. The van der Waals surface area contributed by atoms with Gasteiger partial charge in [-0.05, 0) is 75.3 Å². The molecule has 31 heavy (non-hydrogen) atoms. The third-order valence-electron chi connectivity index (χ3n) is 5.90. The summed E-state index contributed by atoms with van der Waals surface area (Å²) in [6, 6.07) is 3.67. The highest BCUT2D eigenvalue weighted by Gasteiger charge is 2.31. The molecule has 2 rings (SSSR count). The Morgan fingerprint density at radius 1 is 1.06 bits per heavy atom. The van der Waals surface area contributed by atoms with Gasteiger partial charge in [0.25, 0.3) is 0 Å². The maximum Gasteiger partial charge on any atom is 0.416 e. The normalized spacial score (nSPS) is 20.6. The van der Waals surface area contributed by atoms with Crippen LogP contribution in [0.15, 0.2) is 54.0 Å². The van der Waals surface area contributed by atoms with E-state index in [0.29, 0.717) is 18.4 Å². The maximum atomic E-state index is 12.7. The fraction of sp³-hybridized carbons (Fsp3) is 0.565. The van der Waals surface area contributed by atoms with Crippen molar-refractivity contribution in [1.29, 1.82) is 0 Å². The van der Waals surface area contributed by atoms with Crippen LogP contribution in [-0.4, -0.2) is 51.4 Å². The Hall–Kier alpha value is -1.64. The van der Waals surface area contributed by atoms with Crippen molar-refractivity contribution in [3.05, 3.63) is 54.6 Å². The summed E-state index contributed by atoms with van der Waals surface area (Å²) in [5.41, 5.74) is -0.854. The number of rotatable bonds is 10. The van der Waals surface area contributed by atoms with Crippen molar-refractivity contribution in [1.82, 2.24) is 9.21 Å². The lowest BCUT2D eigenvalue weighted by Crippen LogP contribution is -2.30. The van der Waals surface area contributed by atoms with Crippen LogP contribution in [0.25, 0.3) is 0 Å². The summed E-state index contributed by atoms with van der Waals surface area (Å²) in [4.78, 5) is 2.07. The van der Waals surface area contributed by atoms with Gasteiger partial charge in [-0.15, -0.1) is 6.58 Å². The minimum Gasteiger partial charge on any atom is -0.299 e. The fourth-order valence-electron chi connectivity index (χ4n) is 3.88. The van der Waals surface area contributed by atoms with Crippen LogP contribution in [0.1, 0.15) is 37.7 Å². The van der Waals surface area contributed by atoms with Crippen LogP contribution in [0.4, 0.5) is 13.2 Å². The second-order valence-electron chi connectivity index (χ2n) is 8.36. The van der Waals surface area contributed by atoms with Gasteiger partial charge in [0.2, 0.25) is 10.0 Å². The number of hydrogen-bond donors (Lipinski definition) is 0. The molecule has 0 aliphatic heterocycles. The Balaban J connectivity index is 1.80. The zero-order chi connectivity index (χ0) is 23.1. The SMILES string of the molecule is C=CCN(C)CC=C[C@H]1CC[C@H](CCN(C)S(=O)(=O)c2ccc(C(F)(F)F)cc2)CC1. The summed E-state index contributed by atoms with van der Waals surface area (Å²) in [5.74, 6) is 1.04. The lowest BCUT2D eigenvalue weighted by atomic mass is 9.80. The average molecular weight is 459 g/mol. The largest absolute Gasteiger partial charge is 0.416 e. The summed E-state index contributed by atoms with van der Waals surface area (Å²) < 4.78 is 64.7. The number of hydrogen-bond acceptors (Lipinski definition) is 3. The number of nitrogens with zero attached hydrogens (tertiary/aromatic N) is 2. The molecule has 1 aromatic rings. The van der Waals surface area contributed by atoms with Crippen LogP contribution in [0.3, 0.4) is 0 Å². The highest BCUT2D eigenvalue weighted by atomic mass is 32.2. The number of allylic oxidation sites excluding steroid dienone is 1. The summed E-state index contributed by atoms with van der Waals surface area (Å²) >= 11 is 0. The molecule has 0 saturated heterocycles. The predicted octanol–water partition coefficient (Wildman–Crippen LogP) is 5.20. The topological polar surface area (TPSA) is 40.6 Å². The lowest BCUT2D eigenvalue weighted by molar-refractivity contribution is -0.137. The van der Waals surface area contributed by atoms with E-state index >= 15 is 0 Å². The highest BCUT2D eigenvalue weighted by molar-refractivity contribution is 7.89. The Morgan fingerprint density at radius 2 is 1.68 bits per heavy atom. The van der Waals surface area contributed by atoms with Crippen LogP contribution < -0.4 is 0 Å². The molecule has 1 fully saturated rings. The van der Waals surface area contributed by atoms with E-state index < -0.39 is 21.8 Å². The van der Waals surface area contributed by atoms with Gasteiger partial charge in [-0.2, -0.15) is 13.2 Å². The third kappa shape index (κ3) is 7.77. The number of sulfonamides is 1. The van der Waals surface area contributed by atoms with Crippen LogP contribution in [0.5, 0.6) is 0 Å². The van der Waals surface area contributed by atoms with Gasteiger partial charge in [0.05, 0.1) is 10.5 Å². The molecule has 0 aromatic heterocycles. The first-order valence-electron chi connectivity index (χ1n) is 10.6. The minimum atomic E-state index is -4.48. The Bertz CT molecular complexity index is 827. The standard InChI is InChI=1S/C23H33F3N2O2S/c1-4-16-27(2)17-5-6-19-7-9-20(10-8-19)15-18-28(3)31(29,30)22-13-11-21(12-14-22)23(24,25)26/h4-6,11-14,19-20H,1,7-10,15-18H2,2-3H3/t19-,20-. The zero-order valence-corrected chi connectivity index (χ0v) is 19.1. The number of halogens is 3. The fourth-order valence-corrected chi connectivity index (χ4v) is 5.06. The van der Waals surface area contributed by atoms with E-state index in [1.54, 1.807) is 0 Å². The van der Waals surface area contributed by atoms with Crippen molar-refractivity contribution in [2.24, 2.45) is 11.8 Å². The molecule has 4 nitrogen and oxygen atoms in total. The monoisotopic (exact) mass is 458 g/mol. The predicted molar refractivity (Wildman–Crippen MR) is 118 cm³/mol. The summed E-state index contributed by atoms with van der Waals surface area (Å²) in [6.07, 6.45) is 6.98. The maximum absolute atomic E-state index is 12.7. The van der Waals surface area contributed by atoms with Crippen LogP contribution >= 0.6 is 0 Å². The molecule has 1 aromatic carbocycles. The van der Waals surface area contributed by atoms with Gasteiger partial charge in [0.15, 0.2) is 0 Å². The molecule has 8 heteroatoms.